The minimum Gasteiger partial charge on any atom is -0.494 e. The normalized spacial score (nSPS) is 14.6. The number of carbonyl (C=O) groups excluding carboxylic acids is 1. The summed E-state index contributed by atoms with van der Waals surface area (Å²) in [4.78, 5) is 18.4. The monoisotopic (exact) mass is 529 g/mol. The van der Waals surface area contributed by atoms with Crippen LogP contribution in [0.3, 0.4) is 0 Å². The fraction of sp³-hybridized carbons (Fsp3) is 0.207. The Morgan fingerprint density at radius 1 is 1.11 bits per heavy atom. The van der Waals surface area contributed by atoms with Crippen LogP contribution in [-0.4, -0.2) is 27.3 Å². The van der Waals surface area contributed by atoms with Crippen LogP contribution in [0.2, 0.25) is 0 Å². The summed E-state index contributed by atoms with van der Waals surface area (Å²) in [5.41, 5.74) is 4.31. The number of rotatable bonds is 8. The first-order valence-corrected chi connectivity index (χ1v) is 13.3. The number of ether oxygens (including phenoxy) is 1. The van der Waals surface area contributed by atoms with Gasteiger partial charge in [-0.2, -0.15) is 4.98 Å². The van der Waals surface area contributed by atoms with Crippen LogP contribution >= 0.6 is 11.8 Å². The van der Waals surface area contributed by atoms with Crippen LogP contribution in [0.4, 0.5) is 16.0 Å². The molecule has 1 aliphatic rings. The predicted octanol–water partition coefficient (Wildman–Crippen LogP) is 6.34. The highest BCUT2D eigenvalue weighted by Gasteiger charge is 2.34. The third-order valence-electron chi connectivity index (χ3n) is 6.27. The van der Waals surface area contributed by atoms with Gasteiger partial charge < -0.3 is 15.4 Å². The van der Waals surface area contributed by atoms with E-state index in [0.29, 0.717) is 46.0 Å². The van der Waals surface area contributed by atoms with E-state index in [1.807, 2.05) is 69.3 Å². The van der Waals surface area contributed by atoms with Gasteiger partial charge >= 0.3 is 0 Å². The van der Waals surface area contributed by atoms with Crippen LogP contribution in [0.25, 0.3) is 0 Å². The molecular formula is C29H28FN5O2S. The molecular weight excluding hydrogens is 501 g/mol. The number of aromatic nitrogens is 3. The predicted molar refractivity (Wildman–Crippen MR) is 148 cm³/mol. The minimum absolute atomic E-state index is 0.238. The SMILES string of the molecule is CCOc1cccc(C2C(C(=O)Nc3ccccc3C)=C(C)Nc3nc(SCc4ccccc4F)nn32)c1. The van der Waals surface area contributed by atoms with E-state index < -0.39 is 6.04 Å². The molecule has 0 spiro atoms. The summed E-state index contributed by atoms with van der Waals surface area (Å²) in [6, 6.07) is 21.4. The second-order valence-corrected chi connectivity index (χ2v) is 9.83. The highest BCUT2D eigenvalue weighted by atomic mass is 32.2. The van der Waals surface area contributed by atoms with E-state index in [2.05, 4.69) is 15.6 Å². The largest absolute Gasteiger partial charge is 0.494 e. The number of aryl methyl sites for hydroxylation is 1. The standard InChI is InChI=1S/C29H28FN5O2S/c1-4-37-22-13-9-12-20(16-22)26-25(27(36)32-24-15-8-5-10-18(24)2)19(3)31-28-33-29(34-35(26)28)38-17-21-11-6-7-14-23(21)30/h5-16,26H,4,17H2,1-3H3,(H,32,36)(H,31,33,34). The Balaban J connectivity index is 1.52. The molecule has 0 saturated carbocycles. The molecule has 1 aromatic heterocycles. The molecule has 0 fully saturated rings. The lowest BCUT2D eigenvalue weighted by atomic mass is 9.94. The molecule has 4 aromatic rings. The van der Waals surface area contributed by atoms with Crippen molar-refractivity contribution < 1.29 is 13.9 Å². The van der Waals surface area contributed by atoms with Crippen molar-refractivity contribution in [3.05, 3.63) is 107 Å². The number of amides is 1. The zero-order valence-electron chi connectivity index (χ0n) is 21.4. The van der Waals surface area contributed by atoms with Crippen LogP contribution in [0.1, 0.15) is 36.6 Å². The van der Waals surface area contributed by atoms with Gasteiger partial charge in [-0.3, -0.25) is 4.79 Å². The third kappa shape index (κ3) is 5.28. The van der Waals surface area contributed by atoms with Crippen molar-refractivity contribution >= 4 is 29.3 Å². The van der Waals surface area contributed by atoms with Crippen molar-refractivity contribution in [2.24, 2.45) is 0 Å². The number of nitrogens with one attached hydrogen (secondary N) is 2. The lowest BCUT2D eigenvalue weighted by Crippen LogP contribution is -2.31. The Kier molecular flexibility index (Phi) is 7.46. The quantitative estimate of drug-likeness (QED) is 0.259. The van der Waals surface area contributed by atoms with E-state index in [1.54, 1.807) is 22.9 Å². The smallest absolute Gasteiger partial charge is 0.255 e. The van der Waals surface area contributed by atoms with Gasteiger partial charge in [0, 0.05) is 17.1 Å². The maximum absolute atomic E-state index is 14.2. The number of benzene rings is 3. The highest BCUT2D eigenvalue weighted by molar-refractivity contribution is 7.98. The number of nitrogens with zero attached hydrogens (tertiary/aromatic N) is 3. The van der Waals surface area contributed by atoms with Crippen molar-refractivity contribution in [1.29, 1.82) is 0 Å². The number of fused-ring (bicyclic) bond motifs is 1. The summed E-state index contributed by atoms with van der Waals surface area (Å²) >= 11 is 1.34. The molecule has 1 aliphatic heterocycles. The molecule has 3 aromatic carbocycles. The molecule has 5 rings (SSSR count). The second kappa shape index (κ2) is 11.1. The molecule has 0 aliphatic carbocycles. The van der Waals surface area contributed by atoms with Crippen molar-refractivity contribution in [2.45, 2.75) is 37.7 Å². The van der Waals surface area contributed by atoms with Gasteiger partial charge in [-0.05, 0) is 61.7 Å². The van der Waals surface area contributed by atoms with Gasteiger partial charge in [-0.15, -0.1) is 5.10 Å². The van der Waals surface area contributed by atoms with Crippen molar-refractivity contribution in [2.75, 3.05) is 17.2 Å². The highest BCUT2D eigenvalue weighted by Crippen LogP contribution is 2.38. The van der Waals surface area contributed by atoms with Gasteiger partial charge in [0.1, 0.15) is 17.6 Å². The van der Waals surface area contributed by atoms with Crippen LogP contribution in [-0.2, 0) is 10.5 Å². The summed E-state index contributed by atoms with van der Waals surface area (Å²) in [6.07, 6.45) is 0. The van der Waals surface area contributed by atoms with Crippen molar-refractivity contribution in [3.8, 4) is 5.75 Å². The summed E-state index contributed by atoms with van der Waals surface area (Å²) < 4.78 is 21.6. The van der Waals surface area contributed by atoms with Gasteiger partial charge in [-0.1, -0.05) is 60.3 Å². The molecule has 2 heterocycles. The molecule has 0 saturated heterocycles. The minimum atomic E-state index is -0.550. The van der Waals surface area contributed by atoms with Gasteiger partial charge in [0.25, 0.3) is 5.91 Å². The number of para-hydroxylation sites is 1. The average Bonchev–Trinajstić information content (AvgIpc) is 3.31. The third-order valence-corrected chi connectivity index (χ3v) is 7.16. The zero-order chi connectivity index (χ0) is 26.6. The maximum Gasteiger partial charge on any atom is 0.255 e. The number of anilines is 2. The fourth-order valence-corrected chi connectivity index (χ4v) is 5.21. The molecule has 194 valence electrons. The summed E-state index contributed by atoms with van der Waals surface area (Å²) in [6.45, 7) is 6.26. The number of allylic oxidation sites excluding steroid dienone is 1. The number of thioether (sulfide) groups is 1. The Morgan fingerprint density at radius 3 is 2.68 bits per heavy atom. The molecule has 1 amide bonds. The first-order valence-electron chi connectivity index (χ1n) is 12.3. The number of hydrogen-bond donors (Lipinski definition) is 2. The molecule has 2 N–H and O–H groups in total. The van der Waals surface area contributed by atoms with E-state index in [-0.39, 0.29) is 11.7 Å². The number of halogens is 1. The van der Waals surface area contributed by atoms with E-state index >= 15 is 0 Å². The Bertz CT molecular complexity index is 1520. The van der Waals surface area contributed by atoms with Crippen LogP contribution in [0.5, 0.6) is 5.75 Å². The first-order chi connectivity index (χ1) is 18.4. The second-order valence-electron chi connectivity index (χ2n) is 8.88. The summed E-state index contributed by atoms with van der Waals surface area (Å²) in [7, 11) is 0. The van der Waals surface area contributed by atoms with Gasteiger partial charge in [0.2, 0.25) is 11.1 Å². The van der Waals surface area contributed by atoms with Crippen molar-refractivity contribution in [3.63, 3.8) is 0 Å². The molecule has 9 heteroatoms. The number of hydrogen-bond acceptors (Lipinski definition) is 6. The maximum atomic E-state index is 14.2. The van der Waals surface area contributed by atoms with Crippen LogP contribution < -0.4 is 15.4 Å². The molecule has 7 nitrogen and oxygen atoms in total. The lowest BCUT2D eigenvalue weighted by Gasteiger charge is -2.29. The van der Waals surface area contributed by atoms with Gasteiger partial charge in [0.15, 0.2) is 0 Å². The molecule has 1 atom stereocenters. The van der Waals surface area contributed by atoms with E-state index in [1.165, 1.54) is 17.8 Å². The topological polar surface area (TPSA) is 81.1 Å². The molecule has 0 bridgehead atoms. The average molecular weight is 530 g/mol. The fourth-order valence-electron chi connectivity index (χ4n) is 4.40. The zero-order valence-corrected chi connectivity index (χ0v) is 22.2. The molecule has 0 radical (unpaired) electrons. The van der Waals surface area contributed by atoms with Gasteiger partial charge in [-0.25, -0.2) is 9.07 Å². The van der Waals surface area contributed by atoms with Crippen molar-refractivity contribution in [1.82, 2.24) is 14.8 Å². The lowest BCUT2D eigenvalue weighted by molar-refractivity contribution is -0.113. The Hall–Kier alpha value is -4.11. The summed E-state index contributed by atoms with van der Waals surface area (Å²) in [5.74, 6) is 1.10. The van der Waals surface area contributed by atoms with Crippen LogP contribution in [0.15, 0.2) is 89.2 Å². The first kappa shape index (κ1) is 25.5. The number of carbonyl (C=O) groups is 1. The Labute approximate surface area is 225 Å². The van der Waals surface area contributed by atoms with Gasteiger partial charge in [0.05, 0.1) is 12.2 Å². The summed E-state index contributed by atoms with van der Waals surface area (Å²) in [5, 5.41) is 11.5. The molecule has 1 unspecified atom stereocenters. The van der Waals surface area contributed by atoms with E-state index in [4.69, 9.17) is 9.84 Å². The van der Waals surface area contributed by atoms with E-state index in [0.717, 1.165) is 16.8 Å². The Morgan fingerprint density at radius 2 is 1.89 bits per heavy atom. The molecule has 38 heavy (non-hydrogen) atoms. The van der Waals surface area contributed by atoms with Crippen LogP contribution in [0, 0.1) is 12.7 Å². The van der Waals surface area contributed by atoms with E-state index in [9.17, 15) is 9.18 Å².